The zero-order valence-corrected chi connectivity index (χ0v) is 19.5. The molecule has 0 aromatic heterocycles. The number of hydrogen-bond donors (Lipinski definition) is 10. The number of ether oxygens (including phenoxy) is 4. The molecule has 2 saturated heterocycles. The lowest BCUT2D eigenvalue weighted by molar-refractivity contribution is -0.319. The van der Waals surface area contributed by atoms with Crippen molar-refractivity contribution in [1.29, 1.82) is 0 Å². The highest BCUT2D eigenvalue weighted by Crippen LogP contribution is 2.32. The molecule has 0 amide bonds. The average Bonchev–Trinajstić information content (AvgIpc) is 2.75. The predicted octanol–water partition coefficient (Wildman–Crippen LogP) is -5.61. The van der Waals surface area contributed by atoms with Gasteiger partial charge in [-0.05, 0) is 27.3 Å². The molecule has 15 atom stereocenters. The van der Waals surface area contributed by atoms with Crippen LogP contribution in [0.4, 0.5) is 0 Å². The van der Waals surface area contributed by atoms with Gasteiger partial charge in [0.15, 0.2) is 12.6 Å². The summed E-state index contributed by atoms with van der Waals surface area (Å²) in [6.07, 6.45) is -12.4. The lowest BCUT2D eigenvalue weighted by atomic mass is 9.84. The Kier molecular flexibility index (Phi) is 8.92. The Morgan fingerprint density at radius 2 is 1.50 bits per heavy atom. The van der Waals surface area contributed by atoms with Gasteiger partial charge in [0, 0.05) is 12.1 Å². The Hall–Kier alpha value is -0.560. The van der Waals surface area contributed by atoms with Crippen LogP contribution in [0.15, 0.2) is 0 Å². The van der Waals surface area contributed by atoms with E-state index in [9.17, 15) is 30.6 Å². The molecule has 13 N–H and O–H groups in total. The Bertz CT molecular complexity index is 675. The van der Waals surface area contributed by atoms with Gasteiger partial charge >= 0.3 is 0 Å². The molecule has 0 radical (unpaired) electrons. The van der Waals surface area contributed by atoms with E-state index < -0.39 is 91.2 Å². The summed E-state index contributed by atoms with van der Waals surface area (Å²) < 4.78 is 22.8. The van der Waals surface area contributed by atoms with Crippen molar-refractivity contribution in [3.8, 4) is 0 Å². The van der Waals surface area contributed by atoms with Crippen LogP contribution in [0.25, 0.3) is 0 Å². The lowest BCUT2D eigenvalue weighted by Crippen LogP contribution is -2.69. The molecule has 0 bridgehead atoms. The SMILES string of the molecule is CN[C@@H]1[C@H](O)[C@H](O[C@H]2[C@@H](O)[C@@H](O[C@@H]3O[C@H]([C@H](C)O)[C@H](O)[C@H](O)[C@@H]3N)[C@@H](N)C[C@H]2N)OC[C@@]1(C)O. The smallest absolute Gasteiger partial charge is 0.185 e. The molecular formula is C20H40N4O10. The monoisotopic (exact) mass is 496 g/mol. The van der Waals surface area contributed by atoms with Crippen molar-refractivity contribution in [3.63, 3.8) is 0 Å². The highest BCUT2D eigenvalue weighted by molar-refractivity contribution is 5.02. The van der Waals surface area contributed by atoms with E-state index in [1.165, 1.54) is 13.8 Å². The maximum absolute atomic E-state index is 11.1. The molecule has 3 aliphatic rings. The molecule has 1 aliphatic carbocycles. The van der Waals surface area contributed by atoms with Crippen molar-refractivity contribution in [2.75, 3.05) is 13.7 Å². The summed E-state index contributed by atoms with van der Waals surface area (Å²) in [6.45, 7) is 2.75. The molecule has 0 aromatic rings. The first-order valence-corrected chi connectivity index (χ1v) is 11.4. The Balaban J connectivity index is 1.73. The van der Waals surface area contributed by atoms with Crippen LogP contribution in [0.2, 0.25) is 0 Å². The van der Waals surface area contributed by atoms with E-state index in [2.05, 4.69) is 5.32 Å². The summed E-state index contributed by atoms with van der Waals surface area (Å²) in [5, 5.41) is 65.2. The highest BCUT2D eigenvalue weighted by atomic mass is 16.7. The molecule has 0 spiro atoms. The minimum Gasteiger partial charge on any atom is -0.391 e. The van der Waals surface area contributed by atoms with Gasteiger partial charge in [-0.1, -0.05) is 0 Å². The van der Waals surface area contributed by atoms with Crippen molar-refractivity contribution in [1.82, 2.24) is 5.32 Å². The van der Waals surface area contributed by atoms with Crippen LogP contribution in [-0.2, 0) is 18.9 Å². The first-order valence-electron chi connectivity index (χ1n) is 11.4. The van der Waals surface area contributed by atoms with Gasteiger partial charge in [-0.2, -0.15) is 0 Å². The average molecular weight is 497 g/mol. The predicted molar refractivity (Wildman–Crippen MR) is 116 cm³/mol. The molecule has 0 unspecified atom stereocenters. The van der Waals surface area contributed by atoms with Gasteiger partial charge in [0.1, 0.15) is 48.3 Å². The summed E-state index contributed by atoms with van der Waals surface area (Å²) in [5.41, 5.74) is 17.0. The van der Waals surface area contributed by atoms with E-state index >= 15 is 0 Å². The first kappa shape index (κ1) is 28.0. The fraction of sp³-hybridized carbons (Fsp3) is 1.00. The Labute approximate surface area is 197 Å². The van der Waals surface area contributed by atoms with Crippen LogP contribution in [0.1, 0.15) is 20.3 Å². The summed E-state index contributed by atoms with van der Waals surface area (Å²) in [5.74, 6) is 0. The molecule has 0 aromatic carbocycles. The van der Waals surface area contributed by atoms with Gasteiger partial charge in [-0.15, -0.1) is 0 Å². The zero-order chi connectivity index (χ0) is 25.5. The second-order valence-electron chi connectivity index (χ2n) is 9.82. The van der Waals surface area contributed by atoms with Gasteiger partial charge < -0.3 is 72.1 Å². The zero-order valence-electron chi connectivity index (χ0n) is 19.5. The van der Waals surface area contributed by atoms with E-state index in [0.29, 0.717) is 0 Å². The fourth-order valence-corrected chi connectivity index (χ4v) is 4.95. The molecular weight excluding hydrogens is 456 g/mol. The summed E-state index contributed by atoms with van der Waals surface area (Å²) in [6, 6.07) is -3.47. The number of aliphatic hydroxyl groups excluding tert-OH is 5. The summed E-state index contributed by atoms with van der Waals surface area (Å²) in [4.78, 5) is 0. The van der Waals surface area contributed by atoms with Crippen LogP contribution < -0.4 is 22.5 Å². The summed E-state index contributed by atoms with van der Waals surface area (Å²) >= 11 is 0. The molecule has 2 heterocycles. The van der Waals surface area contributed by atoms with Gasteiger partial charge in [-0.25, -0.2) is 0 Å². The van der Waals surface area contributed by atoms with Gasteiger partial charge in [0.25, 0.3) is 0 Å². The minimum absolute atomic E-state index is 0.135. The third-order valence-corrected chi connectivity index (χ3v) is 6.95. The number of aliphatic hydroxyl groups is 6. The highest BCUT2D eigenvalue weighted by Gasteiger charge is 2.52. The van der Waals surface area contributed by atoms with Crippen LogP contribution in [0, 0.1) is 0 Å². The molecule has 3 fully saturated rings. The Morgan fingerprint density at radius 1 is 0.941 bits per heavy atom. The number of hydrogen-bond acceptors (Lipinski definition) is 14. The van der Waals surface area contributed by atoms with Gasteiger partial charge in [0.2, 0.25) is 0 Å². The number of rotatable bonds is 6. The van der Waals surface area contributed by atoms with E-state index in [-0.39, 0.29) is 13.0 Å². The van der Waals surface area contributed by atoms with Crippen molar-refractivity contribution < 1.29 is 49.6 Å². The summed E-state index contributed by atoms with van der Waals surface area (Å²) in [7, 11) is 1.58. The fourth-order valence-electron chi connectivity index (χ4n) is 4.95. The standard InChI is InChI=1S/C20H40N4O10/c1-6(25)14-11(27)10(26)9(23)18(32-14)33-15-7(21)4-8(22)16(12(15)28)34-19-13(29)17(24-3)20(2,30)5-31-19/h6-19,24-30H,4-5,21-23H2,1-3H3/t6-,7-,8+,9-,10+,11+,12-,13-,14+,15-,16+,17+,18-,19-,20+/m0/s1. The van der Waals surface area contributed by atoms with Crippen molar-refractivity contribution in [3.05, 3.63) is 0 Å². The van der Waals surface area contributed by atoms with Crippen LogP contribution >= 0.6 is 0 Å². The third-order valence-electron chi connectivity index (χ3n) is 6.95. The van der Waals surface area contributed by atoms with Crippen LogP contribution in [-0.4, -0.2) is 135 Å². The van der Waals surface area contributed by atoms with Gasteiger partial charge in [-0.3, -0.25) is 0 Å². The number of nitrogens with two attached hydrogens (primary N) is 3. The second-order valence-corrected chi connectivity index (χ2v) is 9.82. The minimum atomic E-state index is -1.46. The van der Waals surface area contributed by atoms with Crippen LogP contribution in [0.3, 0.4) is 0 Å². The van der Waals surface area contributed by atoms with E-state index in [4.69, 9.17) is 36.1 Å². The van der Waals surface area contributed by atoms with E-state index in [0.717, 1.165) is 0 Å². The van der Waals surface area contributed by atoms with Gasteiger partial charge in [0.05, 0.1) is 24.8 Å². The molecule has 200 valence electrons. The molecule has 34 heavy (non-hydrogen) atoms. The molecule has 14 nitrogen and oxygen atoms in total. The lowest BCUT2D eigenvalue weighted by Gasteiger charge is -2.49. The maximum atomic E-state index is 11.1. The van der Waals surface area contributed by atoms with Crippen LogP contribution in [0.5, 0.6) is 0 Å². The van der Waals surface area contributed by atoms with E-state index in [1.807, 2.05) is 0 Å². The Morgan fingerprint density at radius 3 is 2.03 bits per heavy atom. The number of nitrogens with one attached hydrogen (secondary N) is 1. The van der Waals surface area contributed by atoms with Crippen molar-refractivity contribution in [2.24, 2.45) is 17.2 Å². The number of likely N-dealkylation sites (N-methyl/N-ethyl adjacent to an activating group) is 1. The van der Waals surface area contributed by atoms with E-state index in [1.54, 1.807) is 7.05 Å². The largest absolute Gasteiger partial charge is 0.391 e. The first-order chi connectivity index (χ1) is 15.8. The second kappa shape index (κ2) is 10.8. The topological polar surface area (TPSA) is 248 Å². The third kappa shape index (κ3) is 5.40. The molecule has 14 heteroatoms. The quantitative estimate of drug-likeness (QED) is 0.165. The molecule has 2 aliphatic heterocycles. The maximum Gasteiger partial charge on any atom is 0.185 e. The van der Waals surface area contributed by atoms with Crippen molar-refractivity contribution in [2.45, 2.75) is 111 Å². The van der Waals surface area contributed by atoms with Crippen molar-refractivity contribution >= 4 is 0 Å². The molecule has 1 saturated carbocycles. The normalized spacial score (nSPS) is 53.5. The molecule has 3 rings (SSSR count).